The monoisotopic (exact) mass is 511 g/mol. The highest BCUT2D eigenvalue weighted by Gasteiger charge is 2.17. The van der Waals surface area contributed by atoms with Crippen molar-refractivity contribution in [2.75, 3.05) is 32.7 Å². The van der Waals surface area contributed by atoms with Gasteiger partial charge in [0.25, 0.3) is 0 Å². The number of rotatable bonds is 8. The van der Waals surface area contributed by atoms with Gasteiger partial charge in [0.1, 0.15) is 12.0 Å². The first-order valence-electron chi connectivity index (χ1n) is 10.5. The molecule has 1 saturated heterocycles. The average molecular weight is 511 g/mol. The van der Waals surface area contributed by atoms with Crippen LogP contribution in [0, 0.1) is 5.92 Å². The van der Waals surface area contributed by atoms with Crippen molar-refractivity contribution in [3.8, 4) is 11.5 Å². The highest BCUT2D eigenvalue weighted by Crippen LogP contribution is 2.20. The van der Waals surface area contributed by atoms with Crippen molar-refractivity contribution in [2.24, 2.45) is 10.9 Å². The number of likely N-dealkylation sites (tertiary alicyclic amines) is 1. The van der Waals surface area contributed by atoms with Crippen molar-refractivity contribution in [1.82, 2.24) is 20.5 Å². The van der Waals surface area contributed by atoms with E-state index in [0.717, 1.165) is 36.2 Å². The molecule has 7 heteroatoms. The molecule has 2 N–H and O–H groups in total. The van der Waals surface area contributed by atoms with E-state index in [0.29, 0.717) is 12.4 Å². The molecule has 0 radical (unpaired) electrons. The topological polar surface area (TPSA) is 65.7 Å². The van der Waals surface area contributed by atoms with Gasteiger partial charge in [0.05, 0.1) is 6.54 Å². The van der Waals surface area contributed by atoms with Gasteiger partial charge in [-0.1, -0.05) is 25.1 Å². The molecule has 29 heavy (non-hydrogen) atoms. The third-order valence-electron chi connectivity index (χ3n) is 5.32. The van der Waals surface area contributed by atoms with Crippen molar-refractivity contribution in [1.29, 1.82) is 0 Å². The summed E-state index contributed by atoms with van der Waals surface area (Å²) in [5.41, 5.74) is 1.82. The normalized spacial score (nSPS) is 15.7. The minimum atomic E-state index is 0. The predicted molar refractivity (Wildman–Crippen MR) is 130 cm³/mol. The summed E-state index contributed by atoms with van der Waals surface area (Å²) < 4.78 is 5.60. The van der Waals surface area contributed by atoms with Crippen molar-refractivity contribution in [3.05, 3.63) is 42.3 Å². The van der Waals surface area contributed by atoms with Crippen LogP contribution < -0.4 is 10.6 Å². The van der Waals surface area contributed by atoms with Crippen molar-refractivity contribution < 1.29 is 4.42 Å². The Labute approximate surface area is 191 Å². The summed E-state index contributed by atoms with van der Waals surface area (Å²) in [5.74, 6) is 2.31. The summed E-state index contributed by atoms with van der Waals surface area (Å²) in [4.78, 5) is 11.7. The van der Waals surface area contributed by atoms with Gasteiger partial charge in [0.2, 0.25) is 5.89 Å². The molecular formula is C22H34IN5O. The highest BCUT2D eigenvalue weighted by molar-refractivity contribution is 14.0. The molecule has 0 amide bonds. The molecule has 1 aromatic heterocycles. The molecule has 2 heterocycles. The second-order valence-electron chi connectivity index (χ2n) is 7.30. The summed E-state index contributed by atoms with van der Waals surface area (Å²) in [7, 11) is 0. The van der Waals surface area contributed by atoms with Crippen molar-refractivity contribution in [3.63, 3.8) is 0 Å². The van der Waals surface area contributed by atoms with Crippen LogP contribution in [0.3, 0.4) is 0 Å². The van der Waals surface area contributed by atoms with Gasteiger partial charge in [-0.25, -0.2) is 9.98 Å². The number of hydrogen-bond acceptors (Lipinski definition) is 4. The molecule has 1 aliphatic heterocycles. The second-order valence-corrected chi connectivity index (χ2v) is 7.30. The average Bonchev–Trinajstić information content (AvgIpc) is 3.22. The fraction of sp³-hybridized carbons (Fsp3) is 0.545. The predicted octanol–water partition coefficient (Wildman–Crippen LogP) is 4.14. The molecule has 160 valence electrons. The van der Waals surface area contributed by atoms with E-state index < -0.39 is 0 Å². The molecule has 1 fully saturated rings. The molecule has 2 aromatic rings. The lowest BCUT2D eigenvalue weighted by Crippen LogP contribution is -2.39. The Kier molecular flexibility index (Phi) is 10.5. The fourth-order valence-corrected chi connectivity index (χ4v) is 3.58. The molecule has 3 rings (SSSR count). The molecule has 0 spiro atoms. The number of nitrogens with one attached hydrogen (secondary N) is 2. The first-order valence-corrected chi connectivity index (χ1v) is 10.5. The van der Waals surface area contributed by atoms with Crippen LogP contribution in [0.25, 0.3) is 11.5 Å². The van der Waals surface area contributed by atoms with E-state index in [-0.39, 0.29) is 24.0 Å². The zero-order valence-electron chi connectivity index (χ0n) is 17.6. The maximum absolute atomic E-state index is 5.60. The number of aromatic nitrogens is 1. The van der Waals surface area contributed by atoms with E-state index in [1.54, 1.807) is 6.26 Å². The van der Waals surface area contributed by atoms with E-state index in [9.17, 15) is 0 Å². The maximum Gasteiger partial charge on any atom is 0.226 e. The second kappa shape index (κ2) is 12.8. The number of guanidine groups is 1. The zero-order chi connectivity index (χ0) is 19.6. The third-order valence-corrected chi connectivity index (χ3v) is 5.32. The quantitative estimate of drug-likeness (QED) is 0.317. The van der Waals surface area contributed by atoms with Crippen LogP contribution >= 0.6 is 24.0 Å². The lowest BCUT2D eigenvalue weighted by atomic mass is 9.93. The number of benzene rings is 1. The van der Waals surface area contributed by atoms with Gasteiger partial charge < -0.3 is 20.0 Å². The molecular weight excluding hydrogens is 477 g/mol. The molecule has 0 bridgehead atoms. The van der Waals surface area contributed by atoms with E-state index in [2.05, 4.69) is 39.4 Å². The lowest BCUT2D eigenvalue weighted by Gasteiger charge is -2.31. The Morgan fingerprint density at radius 3 is 2.62 bits per heavy atom. The van der Waals surface area contributed by atoms with Crippen LogP contribution in [0.1, 0.15) is 38.8 Å². The minimum Gasteiger partial charge on any atom is -0.444 e. The van der Waals surface area contributed by atoms with Crippen LogP contribution in [-0.2, 0) is 6.54 Å². The molecule has 0 unspecified atom stereocenters. The number of nitrogens with zero attached hydrogens (tertiary/aromatic N) is 3. The third kappa shape index (κ3) is 7.62. The summed E-state index contributed by atoms with van der Waals surface area (Å²) >= 11 is 0. The summed E-state index contributed by atoms with van der Waals surface area (Å²) in [6, 6.07) is 9.94. The van der Waals surface area contributed by atoms with Gasteiger partial charge in [-0.2, -0.15) is 0 Å². The Hall–Kier alpha value is -1.61. The molecule has 0 atom stereocenters. The number of hydrogen-bond donors (Lipinski definition) is 2. The Bertz CT molecular complexity index is 726. The number of halogens is 1. The van der Waals surface area contributed by atoms with E-state index in [4.69, 9.17) is 4.42 Å². The Morgan fingerprint density at radius 1 is 1.17 bits per heavy atom. The first kappa shape index (κ1) is 23.7. The standard InChI is InChI=1S/C22H33N5O.HI/c1-3-23-22(24-13-10-18-11-14-27(4-2)15-12-18)25-16-20-17-28-21(26-20)19-8-6-5-7-9-19;/h5-9,17-18H,3-4,10-16H2,1-2H3,(H2,23,24,25);1H. The summed E-state index contributed by atoms with van der Waals surface area (Å²) in [5, 5.41) is 6.79. The molecule has 6 nitrogen and oxygen atoms in total. The van der Waals surface area contributed by atoms with Crippen molar-refractivity contribution >= 4 is 29.9 Å². The van der Waals surface area contributed by atoms with E-state index >= 15 is 0 Å². The summed E-state index contributed by atoms with van der Waals surface area (Å²) in [6.07, 6.45) is 5.51. The smallest absolute Gasteiger partial charge is 0.226 e. The van der Waals surface area contributed by atoms with Gasteiger partial charge >= 0.3 is 0 Å². The maximum atomic E-state index is 5.60. The van der Waals surface area contributed by atoms with Crippen LogP contribution in [-0.4, -0.2) is 48.6 Å². The molecule has 0 aliphatic carbocycles. The molecule has 1 aromatic carbocycles. The van der Waals surface area contributed by atoms with Crippen LogP contribution in [0.2, 0.25) is 0 Å². The highest BCUT2D eigenvalue weighted by atomic mass is 127. The van der Waals surface area contributed by atoms with Crippen molar-refractivity contribution in [2.45, 2.75) is 39.7 Å². The van der Waals surface area contributed by atoms with Gasteiger partial charge in [0, 0.05) is 18.7 Å². The summed E-state index contributed by atoms with van der Waals surface area (Å²) in [6.45, 7) is 10.3. The van der Waals surface area contributed by atoms with Crippen LogP contribution in [0.5, 0.6) is 0 Å². The van der Waals surface area contributed by atoms with E-state index in [1.165, 1.54) is 38.9 Å². The van der Waals surface area contributed by atoms with Crippen LogP contribution in [0.15, 0.2) is 46.0 Å². The SMILES string of the molecule is CCNC(=NCc1coc(-c2ccccc2)n1)NCCC1CCN(CC)CC1.I. The zero-order valence-corrected chi connectivity index (χ0v) is 19.9. The van der Waals surface area contributed by atoms with Gasteiger partial charge in [-0.3, -0.25) is 0 Å². The fourth-order valence-electron chi connectivity index (χ4n) is 3.58. The Morgan fingerprint density at radius 2 is 1.93 bits per heavy atom. The van der Waals surface area contributed by atoms with Gasteiger partial charge in [-0.15, -0.1) is 24.0 Å². The number of aliphatic imine (C=N–C) groups is 1. The minimum absolute atomic E-state index is 0. The number of piperidine rings is 1. The lowest BCUT2D eigenvalue weighted by molar-refractivity contribution is 0.187. The molecule has 1 aliphatic rings. The van der Waals surface area contributed by atoms with Gasteiger partial charge in [0.15, 0.2) is 5.96 Å². The largest absolute Gasteiger partial charge is 0.444 e. The van der Waals surface area contributed by atoms with E-state index in [1.807, 2.05) is 30.3 Å². The van der Waals surface area contributed by atoms with Crippen LogP contribution in [0.4, 0.5) is 0 Å². The van der Waals surface area contributed by atoms with Gasteiger partial charge in [-0.05, 0) is 63.9 Å². The Balaban J connectivity index is 0.00000300. The molecule has 0 saturated carbocycles. The number of oxazole rings is 1. The first-order chi connectivity index (χ1) is 13.8.